The van der Waals surface area contributed by atoms with Gasteiger partial charge in [0.05, 0.1) is 18.1 Å². The Kier molecular flexibility index (Phi) is 9.33. The first-order valence-corrected chi connectivity index (χ1v) is 16.0. The van der Waals surface area contributed by atoms with Crippen LogP contribution in [0.2, 0.25) is 10.0 Å². The maximum Gasteiger partial charge on any atom is 0.225 e. The highest BCUT2D eigenvalue weighted by atomic mass is 35.5. The quantitative estimate of drug-likeness (QED) is 0.344. The van der Waals surface area contributed by atoms with Gasteiger partial charge in [0.2, 0.25) is 17.7 Å². The number of fused-ring (bicyclic) bond motifs is 4. The van der Waals surface area contributed by atoms with E-state index in [1.54, 1.807) is 25.4 Å². The number of ether oxygens (including phenoxy) is 1. The van der Waals surface area contributed by atoms with Crippen molar-refractivity contribution in [3.05, 3.63) is 58.3 Å². The van der Waals surface area contributed by atoms with Crippen molar-refractivity contribution in [1.82, 2.24) is 30.1 Å². The van der Waals surface area contributed by atoms with E-state index >= 15 is 0 Å². The van der Waals surface area contributed by atoms with Crippen molar-refractivity contribution in [2.75, 3.05) is 44.7 Å². The number of hydrogen-bond donors (Lipinski definition) is 1. The van der Waals surface area contributed by atoms with Crippen LogP contribution in [0.3, 0.4) is 0 Å². The second kappa shape index (κ2) is 13.3. The zero-order chi connectivity index (χ0) is 29.9. The van der Waals surface area contributed by atoms with Gasteiger partial charge in [0.1, 0.15) is 0 Å². The van der Waals surface area contributed by atoms with Crippen LogP contribution in [0.5, 0.6) is 11.6 Å². The fourth-order valence-electron chi connectivity index (χ4n) is 6.57. The van der Waals surface area contributed by atoms with Crippen molar-refractivity contribution >= 4 is 35.1 Å². The number of amides is 1. The van der Waals surface area contributed by atoms with Crippen LogP contribution in [0.15, 0.2) is 42.7 Å². The molecule has 4 saturated heterocycles. The number of carbonyl (C=O) groups excluding carboxylic acids is 1. The van der Waals surface area contributed by atoms with Gasteiger partial charge in [-0.15, -0.1) is 0 Å². The first kappa shape index (κ1) is 30.1. The summed E-state index contributed by atoms with van der Waals surface area (Å²) in [5.41, 5.74) is 2.64. The molecule has 0 radical (unpaired) electrons. The number of piperidine rings is 1. The van der Waals surface area contributed by atoms with Crippen molar-refractivity contribution in [1.29, 1.82) is 0 Å². The molecule has 2 bridgehead atoms. The SMILES string of the molecule is CC(=O)NCC1CCN(Cc2cc(Oc3cnc(N4CC5CCCC4CN5C)nc3)nc(-c3cc(Cl)cc(Cl)c3)c2)CC1. The summed E-state index contributed by atoms with van der Waals surface area (Å²) in [7, 11) is 2.22. The highest BCUT2D eigenvalue weighted by Crippen LogP contribution is 2.32. The van der Waals surface area contributed by atoms with Crippen LogP contribution in [0.25, 0.3) is 11.3 Å². The molecule has 6 heterocycles. The van der Waals surface area contributed by atoms with E-state index in [0.29, 0.717) is 39.7 Å². The van der Waals surface area contributed by atoms with E-state index in [4.69, 9.17) is 42.9 Å². The number of anilines is 1. The van der Waals surface area contributed by atoms with E-state index in [2.05, 4.69) is 33.1 Å². The lowest BCUT2D eigenvalue weighted by molar-refractivity contribution is -0.119. The molecule has 1 aromatic carbocycles. The van der Waals surface area contributed by atoms with Crippen LogP contribution < -0.4 is 15.0 Å². The molecule has 0 spiro atoms. The van der Waals surface area contributed by atoms with E-state index < -0.39 is 0 Å². The van der Waals surface area contributed by atoms with Gasteiger partial charge in [0.15, 0.2) is 5.75 Å². The van der Waals surface area contributed by atoms with Crippen LogP contribution in [0.4, 0.5) is 5.95 Å². The molecule has 2 aromatic heterocycles. The molecule has 1 amide bonds. The molecule has 11 heteroatoms. The molecule has 43 heavy (non-hydrogen) atoms. The molecule has 4 aliphatic rings. The fraction of sp³-hybridized carbons (Fsp3) is 0.500. The molecule has 4 aliphatic heterocycles. The Hall–Kier alpha value is -2.98. The predicted octanol–water partition coefficient (Wildman–Crippen LogP) is 5.66. The molecule has 9 nitrogen and oxygen atoms in total. The van der Waals surface area contributed by atoms with Gasteiger partial charge in [0.25, 0.3) is 0 Å². The molecule has 1 N–H and O–H groups in total. The van der Waals surface area contributed by atoms with E-state index in [0.717, 1.165) is 74.9 Å². The summed E-state index contributed by atoms with van der Waals surface area (Å²) in [6, 6.07) is 10.5. The van der Waals surface area contributed by atoms with Crippen molar-refractivity contribution in [3.8, 4) is 22.9 Å². The lowest BCUT2D eigenvalue weighted by Crippen LogP contribution is -2.55. The van der Waals surface area contributed by atoms with E-state index in [9.17, 15) is 4.79 Å². The Labute approximate surface area is 263 Å². The fourth-order valence-corrected chi connectivity index (χ4v) is 7.09. The van der Waals surface area contributed by atoms with Gasteiger partial charge in [-0.25, -0.2) is 15.0 Å². The van der Waals surface area contributed by atoms with E-state index in [1.165, 1.54) is 19.3 Å². The van der Waals surface area contributed by atoms with Crippen molar-refractivity contribution < 1.29 is 9.53 Å². The summed E-state index contributed by atoms with van der Waals surface area (Å²) in [6.45, 7) is 7.01. The first-order chi connectivity index (χ1) is 20.8. The molecule has 228 valence electrons. The van der Waals surface area contributed by atoms with Crippen LogP contribution in [0.1, 0.15) is 44.6 Å². The highest BCUT2D eigenvalue weighted by molar-refractivity contribution is 6.35. The van der Waals surface area contributed by atoms with Gasteiger partial charge in [-0.2, -0.15) is 0 Å². The van der Waals surface area contributed by atoms with Gasteiger partial charge < -0.3 is 15.0 Å². The Morgan fingerprint density at radius 2 is 1.70 bits per heavy atom. The van der Waals surface area contributed by atoms with Gasteiger partial charge in [0, 0.05) is 66.9 Å². The third-order valence-corrected chi connectivity index (χ3v) is 9.35. The molecular weight excluding hydrogens is 585 g/mol. The third kappa shape index (κ3) is 7.58. The summed E-state index contributed by atoms with van der Waals surface area (Å²) in [4.78, 5) is 32.8. The number of nitrogens with zero attached hydrogens (tertiary/aromatic N) is 6. The number of rotatable bonds is 8. The molecule has 0 aliphatic carbocycles. The molecule has 3 aromatic rings. The number of aromatic nitrogens is 3. The minimum absolute atomic E-state index is 0.0298. The lowest BCUT2D eigenvalue weighted by atomic mass is 9.96. The van der Waals surface area contributed by atoms with Gasteiger partial charge in [-0.3, -0.25) is 14.6 Å². The second-order valence-corrected chi connectivity index (χ2v) is 13.0. The summed E-state index contributed by atoms with van der Waals surface area (Å²) < 4.78 is 6.26. The smallest absolute Gasteiger partial charge is 0.225 e. The Morgan fingerprint density at radius 1 is 0.977 bits per heavy atom. The average Bonchev–Trinajstić information content (AvgIpc) is 3.30. The van der Waals surface area contributed by atoms with Crippen LogP contribution in [-0.2, 0) is 11.3 Å². The number of hydrogen-bond acceptors (Lipinski definition) is 8. The topological polar surface area (TPSA) is 86.7 Å². The number of likely N-dealkylation sites (tertiary alicyclic amines) is 1. The van der Waals surface area contributed by atoms with Crippen molar-refractivity contribution in [3.63, 3.8) is 0 Å². The Bertz CT molecular complexity index is 1410. The minimum Gasteiger partial charge on any atom is -0.436 e. The number of piperazine rings is 1. The van der Waals surface area contributed by atoms with Crippen LogP contribution >= 0.6 is 23.2 Å². The number of likely N-dealkylation sites (N-methyl/N-ethyl adjacent to an activating group) is 1. The monoisotopic (exact) mass is 623 g/mol. The summed E-state index contributed by atoms with van der Waals surface area (Å²) in [5, 5.41) is 4.06. The van der Waals surface area contributed by atoms with Crippen LogP contribution in [0, 0.1) is 5.92 Å². The van der Waals surface area contributed by atoms with Gasteiger partial charge in [-0.05, 0) is 88.0 Å². The maximum absolute atomic E-state index is 11.3. The summed E-state index contributed by atoms with van der Waals surface area (Å²) in [5.74, 6) is 2.31. The van der Waals surface area contributed by atoms with Crippen molar-refractivity contribution in [2.45, 2.75) is 57.7 Å². The number of nitrogens with one attached hydrogen (secondary N) is 1. The van der Waals surface area contributed by atoms with Gasteiger partial charge in [-0.1, -0.05) is 23.2 Å². The van der Waals surface area contributed by atoms with Crippen molar-refractivity contribution in [2.24, 2.45) is 5.92 Å². The lowest BCUT2D eigenvalue weighted by Gasteiger charge is -2.42. The zero-order valence-corrected chi connectivity index (χ0v) is 26.3. The third-order valence-electron chi connectivity index (χ3n) is 8.91. The van der Waals surface area contributed by atoms with E-state index in [-0.39, 0.29) is 5.91 Å². The summed E-state index contributed by atoms with van der Waals surface area (Å²) >= 11 is 12.7. The minimum atomic E-state index is 0.0298. The average molecular weight is 625 g/mol. The number of benzene rings is 1. The Balaban J connectivity index is 1.19. The highest BCUT2D eigenvalue weighted by Gasteiger charge is 2.35. The zero-order valence-electron chi connectivity index (χ0n) is 24.8. The largest absolute Gasteiger partial charge is 0.436 e. The number of pyridine rings is 1. The first-order valence-electron chi connectivity index (χ1n) is 15.2. The molecular formula is C32H39Cl2N7O2. The molecule has 4 fully saturated rings. The van der Waals surface area contributed by atoms with Crippen LogP contribution in [-0.4, -0.2) is 82.5 Å². The molecule has 7 rings (SSSR count). The molecule has 0 saturated carbocycles. The normalized spacial score (nSPS) is 21.5. The molecule has 2 atom stereocenters. The number of halogens is 2. The summed E-state index contributed by atoms with van der Waals surface area (Å²) in [6.07, 6.45) is 9.22. The molecule has 2 unspecified atom stereocenters. The Morgan fingerprint density at radius 3 is 2.42 bits per heavy atom. The maximum atomic E-state index is 11.3. The van der Waals surface area contributed by atoms with Gasteiger partial charge >= 0.3 is 0 Å². The standard InChI is InChI=1S/C32H39Cl2N7O2/c1-21(42)35-15-22-6-8-40(9-7-22)18-23-10-30(24-12-25(33)14-26(34)13-24)38-31(11-23)43-29-16-36-32(37-17-29)41-20-27-4-3-5-28(41)19-39(27)2/h10-14,16-17,22,27-28H,3-9,15,18-20H2,1-2H3,(H,35,42). The predicted molar refractivity (Wildman–Crippen MR) is 170 cm³/mol. The second-order valence-electron chi connectivity index (χ2n) is 12.2. The van der Waals surface area contributed by atoms with E-state index in [1.807, 2.05) is 18.2 Å². The number of carbonyl (C=O) groups is 1.